The molecule has 2 nitrogen and oxygen atoms in total. The molecular formula is C12H12F3NO. The van der Waals surface area contributed by atoms with E-state index >= 15 is 0 Å². The maximum absolute atomic E-state index is 11.8. The standard InChI is InChI=1S/C12H12F3NO/c1-9-4-6-10(7-5-9)3-2-8-16-11(17)12(13,14)15/h2-7H,8H2,1H3,(H,16,17)/b3-2+. The van der Waals surface area contributed by atoms with Gasteiger partial charge in [0.25, 0.3) is 0 Å². The zero-order valence-electron chi connectivity index (χ0n) is 9.21. The zero-order chi connectivity index (χ0) is 12.9. The van der Waals surface area contributed by atoms with E-state index in [0.29, 0.717) is 0 Å². The number of halogens is 3. The number of carbonyl (C=O) groups is 1. The molecule has 0 aliphatic carbocycles. The first-order valence-corrected chi connectivity index (χ1v) is 4.98. The van der Waals surface area contributed by atoms with Crippen LogP contribution in [0.2, 0.25) is 0 Å². The minimum atomic E-state index is -4.82. The Morgan fingerprint density at radius 2 is 1.88 bits per heavy atom. The molecule has 1 rings (SSSR count). The third kappa shape index (κ3) is 4.72. The Hall–Kier alpha value is -1.78. The molecule has 0 spiro atoms. The number of benzene rings is 1. The van der Waals surface area contributed by atoms with E-state index in [-0.39, 0.29) is 6.54 Å². The van der Waals surface area contributed by atoms with Gasteiger partial charge in [0.1, 0.15) is 0 Å². The van der Waals surface area contributed by atoms with Gasteiger partial charge in [0, 0.05) is 6.54 Å². The number of nitrogens with one attached hydrogen (secondary N) is 1. The molecule has 17 heavy (non-hydrogen) atoms. The first-order chi connectivity index (χ1) is 7.89. The van der Waals surface area contributed by atoms with Crippen molar-refractivity contribution in [3.8, 4) is 0 Å². The molecule has 1 aromatic carbocycles. The average molecular weight is 243 g/mol. The molecule has 0 aliphatic heterocycles. The molecule has 0 saturated carbocycles. The second-order valence-corrected chi connectivity index (χ2v) is 3.52. The molecule has 0 atom stereocenters. The lowest BCUT2D eigenvalue weighted by Gasteiger charge is -2.04. The lowest BCUT2D eigenvalue weighted by Crippen LogP contribution is -2.36. The van der Waals surface area contributed by atoms with Crippen LogP contribution >= 0.6 is 0 Å². The van der Waals surface area contributed by atoms with Crippen molar-refractivity contribution >= 4 is 12.0 Å². The number of aryl methyl sites for hydroxylation is 1. The summed E-state index contributed by atoms with van der Waals surface area (Å²) in [7, 11) is 0. The maximum atomic E-state index is 11.8. The number of amides is 1. The van der Waals surface area contributed by atoms with E-state index < -0.39 is 12.1 Å². The van der Waals surface area contributed by atoms with Gasteiger partial charge < -0.3 is 5.32 Å². The number of alkyl halides is 3. The molecule has 0 unspecified atom stereocenters. The minimum Gasteiger partial charge on any atom is -0.345 e. The molecule has 5 heteroatoms. The van der Waals surface area contributed by atoms with Crippen molar-refractivity contribution in [1.29, 1.82) is 0 Å². The van der Waals surface area contributed by atoms with E-state index in [0.717, 1.165) is 11.1 Å². The van der Waals surface area contributed by atoms with Crippen molar-refractivity contribution in [3.05, 3.63) is 41.5 Å². The van der Waals surface area contributed by atoms with E-state index in [9.17, 15) is 18.0 Å². The van der Waals surface area contributed by atoms with Crippen molar-refractivity contribution in [2.75, 3.05) is 6.54 Å². The van der Waals surface area contributed by atoms with Crippen LogP contribution in [0.25, 0.3) is 6.08 Å². The van der Waals surface area contributed by atoms with Crippen LogP contribution < -0.4 is 5.32 Å². The smallest absolute Gasteiger partial charge is 0.345 e. The number of carbonyl (C=O) groups excluding carboxylic acids is 1. The fourth-order valence-electron chi connectivity index (χ4n) is 1.12. The third-order valence-corrected chi connectivity index (χ3v) is 2.03. The normalized spacial score (nSPS) is 11.8. The van der Waals surface area contributed by atoms with Gasteiger partial charge in [-0.25, -0.2) is 0 Å². The Balaban J connectivity index is 2.41. The Labute approximate surface area is 97.1 Å². The molecule has 0 saturated heterocycles. The molecule has 0 fully saturated rings. The van der Waals surface area contributed by atoms with Crippen LogP contribution in [-0.4, -0.2) is 18.6 Å². The lowest BCUT2D eigenvalue weighted by atomic mass is 10.1. The summed E-state index contributed by atoms with van der Waals surface area (Å²) in [4.78, 5) is 10.5. The van der Waals surface area contributed by atoms with Crippen molar-refractivity contribution in [1.82, 2.24) is 5.32 Å². The van der Waals surface area contributed by atoms with Crippen LogP contribution in [0.5, 0.6) is 0 Å². The average Bonchev–Trinajstić information content (AvgIpc) is 2.25. The molecule has 0 radical (unpaired) electrons. The third-order valence-electron chi connectivity index (χ3n) is 2.03. The van der Waals surface area contributed by atoms with Crippen molar-refractivity contribution < 1.29 is 18.0 Å². The molecule has 1 aromatic rings. The van der Waals surface area contributed by atoms with Gasteiger partial charge in [0.05, 0.1) is 0 Å². The molecule has 0 bridgehead atoms. The highest BCUT2D eigenvalue weighted by Crippen LogP contribution is 2.13. The summed E-state index contributed by atoms with van der Waals surface area (Å²) in [5.41, 5.74) is 1.98. The fourth-order valence-corrected chi connectivity index (χ4v) is 1.12. The van der Waals surface area contributed by atoms with Crippen LogP contribution in [0.15, 0.2) is 30.3 Å². The number of hydrogen-bond acceptors (Lipinski definition) is 1. The van der Waals surface area contributed by atoms with E-state index in [2.05, 4.69) is 0 Å². The summed E-state index contributed by atoms with van der Waals surface area (Å²) >= 11 is 0. The van der Waals surface area contributed by atoms with Crippen molar-refractivity contribution in [2.45, 2.75) is 13.1 Å². The summed E-state index contributed by atoms with van der Waals surface area (Å²) in [5, 5.41) is 1.75. The molecular weight excluding hydrogens is 231 g/mol. The zero-order valence-corrected chi connectivity index (χ0v) is 9.21. The first kappa shape index (κ1) is 13.3. The summed E-state index contributed by atoms with van der Waals surface area (Å²) in [6, 6.07) is 7.48. The van der Waals surface area contributed by atoms with Crippen molar-refractivity contribution in [2.24, 2.45) is 0 Å². The van der Waals surface area contributed by atoms with Crippen LogP contribution in [0.3, 0.4) is 0 Å². The van der Waals surface area contributed by atoms with Gasteiger partial charge >= 0.3 is 12.1 Å². The fraction of sp³-hybridized carbons (Fsp3) is 0.250. The summed E-state index contributed by atoms with van der Waals surface area (Å²) < 4.78 is 35.4. The van der Waals surface area contributed by atoms with Gasteiger partial charge in [0.15, 0.2) is 0 Å². The molecule has 0 aliphatic rings. The quantitative estimate of drug-likeness (QED) is 0.868. The van der Waals surface area contributed by atoms with Crippen molar-refractivity contribution in [3.63, 3.8) is 0 Å². The highest BCUT2D eigenvalue weighted by molar-refractivity contribution is 5.81. The maximum Gasteiger partial charge on any atom is 0.471 e. The monoisotopic (exact) mass is 243 g/mol. The van der Waals surface area contributed by atoms with E-state index in [1.165, 1.54) is 6.08 Å². The van der Waals surface area contributed by atoms with E-state index in [4.69, 9.17) is 0 Å². The molecule has 92 valence electrons. The predicted molar refractivity (Wildman–Crippen MR) is 59.3 cm³/mol. The Morgan fingerprint density at radius 1 is 1.29 bits per heavy atom. The number of rotatable bonds is 3. The van der Waals surface area contributed by atoms with Crippen LogP contribution in [0, 0.1) is 6.92 Å². The van der Waals surface area contributed by atoms with Gasteiger partial charge in [-0.15, -0.1) is 0 Å². The van der Waals surface area contributed by atoms with Crippen LogP contribution in [0.4, 0.5) is 13.2 Å². The SMILES string of the molecule is Cc1ccc(/C=C/CNC(=O)C(F)(F)F)cc1. The Kier molecular flexibility index (Phi) is 4.31. The van der Waals surface area contributed by atoms with Crippen LogP contribution in [-0.2, 0) is 4.79 Å². The van der Waals surface area contributed by atoms with Gasteiger partial charge in [-0.05, 0) is 12.5 Å². The molecule has 1 amide bonds. The Morgan fingerprint density at radius 3 is 2.41 bits per heavy atom. The van der Waals surface area contributed by atoms with Gasteiger partial charge in [-0.2, -0.15) is 13.2 Å². The topological polar surface area (TPSA) is 29.1 Å². The lowest BCUT2D eigenvalue weighted by molar-refractivity contribution is -0.173. The highest BCUT2D eigenvalue weighted by Gasteiger charge is 2.37. The highest BCUT2D eigenvalue weighted by atomic mass is 19.4. The second kappa shape index (κ2) is 5.52. The van der Waals surface area contributed by atoms with Crippen LogP contribution in [0.1, 0.15) is 11.1 Å². The first-order valence-electron chi connectivity index (χ1n) is 4.98. The Bertz CT molecular complexity index is 407. The molecule has 1 N–H and O–H groups in total. The predicted octanol–water partition coefficient (Wildman–Crippen LogP) is 2.69. The summed E-state index contributed by atoms with van der Waals surface area (Å²) in [6.07, 6.45) is -1.71. The summed E-state index contributed by atoms with van der Waals surface area (Å²) in [6.45, 7) is 1.79. The van der Waals surface area contributed by atoms with Gasteiger partial charge in [-0.1, -0.05) is 42.0 Å². The second-order valence-electron chi connectivity index (χ2n) is 3.52. The summed E-state index contributed by atoms with van der Waals surface area (Å²) in [5.74, 6) is -1.92. The van der Waals surface area contributed by atoms with Gasteiger partial charge in [0.2, 0.25) is 0 Å². The number of hydrogen-bond donors (Lipinski definition) is 1. The largest absolute Gasteiger partial charge is 0.471 e. The molecule has 0 aromatic heterocycles. The van der Waals surface area contributed by atoms with Gasteiger partial charge in [-0.3, -0.25) is 4.79 Å². The van der Waals surface area contributed by atoms with E-state index in [1.54, 1.807) is 11.4 Å². The van der Waals surface area contributed by atoms with E-state index in [1.807, 2.05) is 31.2 Å². The molecule has 0 heterocycles. The minimum absolute atomic E-state index is 0.147.